The summed E-state index contributed by atoms with van der Waals surface area (Å²) in [5, 5.41) is 7.59. The van der Waals surface area contributed by atoms with Gasteiger partial charge in [0.25, 0.3) is 5.91 Å². The summed E-state index contributed by atoms with van der Waals surface area (Å²) < 4.78 is 0. The number of carbonyl (C=O) groups is 2. The van der Waals surface area contributed by atoms with Crippen molar-refractivity contribution in [2.75, 3.05) is 16.5 Å². The standard InChI is InChI=1S/C13H11ClN2O2S/c14-8-11(17)16-13-10(6-7-19-13)12(18)15-9-4-2-1-3-5-9/h1-7H,8H2,(H,15,18)(H,16,17). The first-order chi connectivity index (χ1) is 9.20. The quantitative estimate of drug-likeness (QED) is 0.851. The monoisotopic (exact) mass is 294 g/mol. The molecule has 0 unspecified atom stereocenters. The molecule has 19 heavy (non-hydrogen) atoms. The predicted octanol–water partition coefficient (Wildman–Crippen LogP) is 3.18. The molecule has 0 fully saturated rings. The SMILES string of the molecule is O=C(CCl)Nc1sccc1C(=O)Nc1ccccc1. The number of halogens is 1. The summed E-state index contributed by atoms with van der Waals surface area (Å²) in [4.78, 5) is 23.3. The van der Waals surface area contributed by atoms with Gasteiger partial charge in [0.1, 0.15) is 10.9 Å². The molecule has 0 saturated carbocycles. The topological polar surface area (TPSA) is 58.2 Å². The molecule has 2 rings (SSSR count). The first-order valence-electron chi connectivity index (χ1n) is 5.50. The van der Waals surface area contributed by atoms with Crippen molar-refractivity contribution in [2.24, 2.45) is 0 Å². The van der Waals surface area contributed by atoms with Crippen LogP contribution in [0.15, 0.2) is 41.8 Å². The molecule has 98 valence electrons. The van der Waals surface area contributed by atoms with Crippen LogP contribution in [-0.4, -0.2) is 17.7 Å². The maximum atomic E-state index is 12.1. The minimum atomic E-state index is -0.335. The van der Waals surface area contributed by atoms with Crippen LogP contribution >= 0.6 is 22.9 Å². The normalized spacial score (nSPS) is 9.95. The number of rotatable bonds is 4. The molecule has 0 aliphatic rings. The van der Waals surface area contributed by atoms with E-state index in [1.807, 2.05) is 18.2 Å². The highest BCUT2D eigenvalue weighted by Gasteiger charge is 2.14. The number of hydrogen-bond acceptors (Lipinski definition) is 3. The smallest absolute Gasteiger partial charge is 0.258 e. The lowest BCUT2D eigenvalue weighted by molar-refractivity contribution is -0.113. The van der Waals surface area contributed by atoms with Crippen molar-refractivity contribution in [3.05, 3.63) is 47.3 Å². The first kappa shape index (κ1) is 13.6. The molecule has 0 aliphatic heterocycles. The van der Waals surface area contributed by atoms with E-state index in [-0.39, 0.29) is 17.7 Å². The summed E-state index contributed by atoms with van der Waals surface area (Å²) in [6.07, 6.45) is 0. The number of amides is 2. The number of carbonyl (C=O) groups excluding carboxylic acids is 2. The Balaban J connectivity index is 2.12. The van der Waals surface area contributed by atoms with Gasteiger partial charge in [0, 0.05) is 5.69 Å². The van der Waals surface area contributed by atoms with Gasteiger partial charge < -0.3 is 10.6 Å². The number of nitrogens with one attached hydrogen (secondary N) is 2. The van der Waals surface area contributed by atoms with Crippen molar-refractivity contribution in [1.29, 1.82) is 0 Å². The van der Waals surface area contributed by atoms with Crippen LogP contribution in [0.25, 0.3) is 0 Å². The lowest BCUT2D eigenvalue weighted by atomic mass is 10.2. The van der Waals surface area contributed by atoms with Crippen LogP contribution in [0.3, 0.4) is 0 Å². The lowest BCUT2D eigenvalue weighted by Crippen LogP contribution is -2.17. The minimum absolute atomic E-state index is 0.141. The minimum Gasteiger partial charge on any atom is -0.322 e. The molecule has 2 aromatic rings. The van der Waals surface area contributed by atoms with Crippen LogP contribution in [0.4, 0.5) is 10.7 Å². The number of hydrogen-bond donors (Lipinski definition) is 2. The van der Waals surface area contributed by atoms with E-state index in [1.165, 1.54) is 11.3 Å². The van der Waals surface area contributed by atoms with Crippen LogP contribution < -0.4 is 10.6 Å². The van der Waals surface area contributed by atoms with Gasteiger partial charge in [-0.15, -0.1) is 22.9 Å². The molecule has 4 nitrogen and oxygen atoms in total. The first-order valence-corrected chi connectivity index (χ1v) is 6.92. The second-order valence-electron chi connectivity index (χ2n) is 3.67. The van der Waals surface area contributed by atoms with Crippen molar-refractivity contribution < 1.29 is 9.59 Å². The van der Waals surface area contributed by atoms with E-state index >= 15 is 0 Å². The average Bonchev–Trinajstić information content (AvgIpc) is 2.88. The predicted molar refractivity (Wildman–Crippen MR) is 78.1 cm³/mol. The van der Waals surface area contributed by atoms with E-state index in [0.29, 0.717) is 16.3 Å². The molecule has 2 amide bonds. The number of alkyl halides is 1. The summed E-state index contributed by atoms with van der Waals surface area (Å²) in [5.74, 6) is -0.743. The van der Waals surface area contributed by atoms with E-state index in [2.05, 4.69) is 10.6 Å². The molecule has 0 saturated heterocycles. The Hall–Kier alpha value is -1.85. The van der Waals surface area contributed by atoms with Crippen molar-refractivity contribution >= 4 is 45.4 Å². The van der Waals surface area contributed by atoms with Crippen molar-refractivity contribution in [1.82, 2.24) is 0 Å². The number of thiophene rings is 1. The zero-order chi connectivity index (χ0) is 13.7. The molecule has 0 atom stereocenters. The molecule has 0 aliphatic carbocycles. The molecular formula is C13H11ClN2O2S. The molecule has 1 aromatic heterocycles. The van der Waals surface area contributed by atoms with E-state index in [4.69, 9.17) is 11.6 Å². The summed E-state index contributed by atoms with van der Waals surface area (Å²) in [5.41, 5.74) is 1.13. The summed E-state index contributed by atoms with van der Waals surface area (Å²) in [6.45, 7) is 0. The molecule has 0 bridgehead atoms. The summed E-state index contributed by atoms with van der Waals surface area (Å²) in [7, 11) is 0. The largest absolute Gasteiger partial charge is 0.322 e. The Morgan fingerprint density at radius 3 is 2.53 bits per heavy atom. The van der Waals surface area contributed by atoms with Gasteiger partial charge in [-0.25, -0.2) is 0 Å². The Labute approximate surface area is 119 Å². The van der Waals surface area contributed by atoms with Crippen LogP contribution in [0.5, 0.6) is 0 Å². The second kappa shape index (κ2) is 6.36. The fraction of sp³-hybridized carbons (Fsp3) is 0.0769. The van der Waals surface area contributed by atoms with Crippen LogP contribution in [0.1, 0.15) is 10.4 Å². The molecule has 1 heterocycles. The third-order valence-electron chi connectivity index (χ3n) is 2.32. The highest BCUT2D eigenvalue weighted by Crippen LogP contribution is 2.24. The van der Waals surface area contributed by atoms with Gasteiger partial charge in [-0.1, -0.05) is 18.2 Å². The van der Waals surface area contributed by atoms with Gasteiger partial charge in [0.15, 0.2) is 0 Å². The summed E-state index contributed by atoms with van der Waals surface area (Å²) in [6, 6.07) is 10.8. The fourth-order valence-corrected chi connectivity index (χ4v) is 2.33. The fourth-order valence-electron chi connectivity index (χ4n) is 1.46. The van der Waals surface area contributed by atoms with Gasteiger partial charge in [-0.2, -0.15) is 0 Å². The van der Waals surface area contributed by atoms with Crippen molar-refractivity contribution in [3.8, 4) is 0 Å². The zero-order valence-electron chi connectivity index (χ0n) is 9.85. The Morgan fingerprint density at radius 1 is 1.11 bits per heavy atom. The molecule has 1 aromatic carbocycles. The van der Waals surface area contributed by atoms with Crippen LogP contribution in [0.2, 0.25) is 0 Å². The summed E-state index contributed by atoms with van der Waals surface area (Å²) >= 11 is 6.70. The number of para-hydroxylation sites is 1. The Kier molecular flexibility index (Phi) is 4.54. The van der Waals surface area contributed by atoms with E-state index in [9.17, 15) is 9.59 Å². The molecule has 0 radical (unpaired) electrons. The molecule has 0 spiro atoms. The number of benzene rings is 1. The van der Waals surface area contributed by atoms with Crippen molar-refractivity contribution in [2.45, 2.75) is 0 Å². The van der Waals surface area contributed by atoms with E-state index in [0.717, 1.165) is 0 Å². The molecule has 6 heteroatoms. The van der Waals surface area contributed by atoms with Gasteiger partial charge in [-0.05, 0) is 23.6 Å². The van der Waals surface area contributed by atoms with Gasteiger partial charge in [0.2, 0.25) is 5.91 Å². The molecular weight excluding hydrogens is 284 g/mol. The molecule has 2 N–H and O–H groups in total. The zero-order valence-corrected chi connectivity index (χ0v) is 11.4. The van der Waals surface area contributed by atoms with Crippen LogP contribution in [0, 0.1) is 0 Å². The van der Waals surface area contributed by atoms with Crippen molar-refractivity contribution in [3.63, 3.8) is 0 Å². The lowest BCUT2D eigenvalue weighted by Gasteiger charge is -2.06. The van der Waals surface area contributed by atoms with Gasteiger partial charge in [0.05, 0.1) is 5.56 Å². The van der Waals surface area contributed by atoms with Crippen LogP contribution in [-0.2, 0) is 4.79 Å². The van der Waals surface area contributed by atoms with E-state index < -0.39 is 0 Å². The Morgan fingerprint density at radius 2 is 1.84 bits per heavy atom. The number of anilines is 2. The highest BCUT2D eigenvalue weighted by atomic mass is 35.5. The Bertz CT molecular complexity index is 583. The van der Waals surface area contributed by atoms with E-state index in [1.54, 1.807) is 23.6 Å². The highest BCUT2D eigenvalue weighted by molar-refractivity contribution is 7.14. The maximum Gasteiger partial charge on any atom is 0.258 e. The average molecular weight is 295 g/mol. The second-order valence-corrected chi connectivity index (χ2v) is 4.85. The third-order valence-corrected chi connectivity index (χ3v) is 3.39. The third kappa shape index (κ3) is 3.56. The van der Waals surface area contributed by atoms with Gasteiger partial charge in [-0.3, -0.25) is 9.59 Å². The van der Waals surface area contributed by atoms with Gasteiger partial charge >= 0.3 is 0 Å². The maximum absolute atomic E-state index is 12.1.